The lowest BCUT2D eigenvalue weighted by atomic mass is 10.2. The maximum atomic E-state index is 5.11. The molecule has 0 saturated heterocycles. The van der Waals surface area contributed by atoms with Crippen LogP contribution in [-0.4, -0.2) is 34.6 Å². The maximum Gasteiger partial charge on any atom is 0.149 e. The molecule has 1 atom stereocenters. The molecule has 0 aliphatic carbocycles. The van der Waals surface area contributed by atoms with E-state index in [1.807, 2.05) is 6.92 Å². The highest BCUT2D eigenvalue weighted by Crippen LogP contribution is 2.25. The predicted molar refractivity (Wildman–Crippen MR) is 69.5 cm³/mol. The van der Waals surface area contributed by atoms with Crippen LogP contribution in [0.1, 0.15) is 12.6 Å². The van der Waals surface area contributed by atoms with Gasteiger partial charge in [-0.3, -0.25) is 0 Å². The quantitative estimate of drug-likeness (QED) is 0.883. The summed E-state index contributed by atoms with van der Waals surface area (Å²) in [5.41, 5.74) is 0.979. The van der Waals surface area contributed by atoms with E-state index in [9.17, 15) is 0 Å². The number of hydrogen-bond acceptors (Lipinski definition) is 6. The first-order valence-electron chi connectivity index (χ1n) is 5.52. The van der Waals surface area contributed by atoms with E-state index in [0.717, 1.165) is 34.9 Å². The first-order valence-corrected chi connectivity index (χ1v) is 6.29. The zero-order valence-corrected chi connectivity index (χ0v) is 11.0. The van der Waals surface area contributed by atoms with E-state index in [2.05, 4.69) is 26.6 Å². The van der Waals surface area contributed by atoms with Crippen LogP contribution in [0, 0.1) is 12.8 Å². The summed E-state index contributed by atoms with van der Waals surface area (Å²) in [6, 6.07) is 0. The van der Waals surface area contributed by atoms with Crippen LogP contribution in [-0.2, 0) is 4.74 Å². The van der Waals surface area contributed by atoms with Crippen molar-refractivity contribution < 1.29 is 4.74 Å². The largest absolute Gasteiger partial charge is 0.384 e. The zero-order chi connectivity index (χ0) is 12.3. The number of aromatic nitrogens is 3. The number of hydrogen-bond donors (Lipinski definition) is 1. The van der Waals surface area contributed by atoms with Gasteiger partial charge < -0.3 is 10.1 Å². The lowest BCUT2D eigenvalue weighted by Gasteiger charge is -2.12. The van der Waals surface area contributed by atoms with Crippen LogP contribution in [0.5, 0.6) is 0 Å². The van der Waals surface area contributed by atoms with Crippen LogP contribution < -0.4 is 5.32 Å². The Hall–Kier alpha value is -1.27. The van der Waals surface area contributed by atoms with Gasteiger partial charge in [-0.25, -0.2) is 9.97 Å². The molecule has 0 fully saturated rings. The second-order valence-electron chi connectivity index (χ2n) is 4.11. The van der Waals surface area contributed by atoms with E-state index in [0.29, 0.717) is 5.92 Å². The van der Waals surface area contributed by atoms with Crippen LogP contribution >= 0.6 is 11.5 Å². The molecule has 1 unspecified atom stereocenters. The molecule has 0 radical (unpaired) electrons. The predicted octanol–water partition coefficient (Wildman–Crippen LogP) is 2.09. The van der Waals surface area contributed by atoms with E-state index in [-0.39, 0.29) is 0 Å². The Bertz CT molecular complexity index is 499. The number of rotatable bonds is 5. The number of nitrogens with one attached hydrogen (secondary N) is 1. The molecule has 2 aromatic rings. The van der Waals surface area contributed by atoms with Gasteiger partial charge in [0.2, 0.25) is 0 Å². The second-order valence-corrected chi connectivity index (χ2v) is 4.86. The number of ether oxygens (including phenoxy) is 1. The lowest BCUT2D eigenvalue weighted by molar-refractivity contribution is 0.164. The monoisotopic (exact) mass is 252 g/mol. The summed E-state index contributed by atoms with van der Waals surface area (Å²) in [5, 5.41) is 4.36. The first kappa shape index (κ1) is 12.2. The molecule has 0 aliphatic rings. The van der Waals surface area contributed by atoms with Crippen LogP contribution in [0.4, 0.5) is 5.82 Å². The van der Waals surface area contributed by atoms with Gasteiger partial charge in [0.1, 0.15) is 17.0 Å². The molecule has 0 saturated carbocycles. The molecule has 17 heavy (non-hydrogen) atoms. The molecule has 0 spiro atoms. The number of fused-ring (bicyclic) bond motifs is 1. The Labute approximate surface area is 104 Å². The second kappa shape index (κ2) is 5.37. The van der Waals surface area contributed by atoms with Gasteiger partial charge in [-0.1, -0.05) is 6.92 Å². The fourth-order valence-corrected chi connectivity index (χ4v) is 2.42. The van der Waals surface area contributed by atoms with E-state index < -0.39 is 0 Å². The Balaban J connectivity index is 2.15. The summed E-state index contributed by atoms with van der Waals surface area (Å²) in [4.78, 5) is 9.41. The van der Waals surface area contributed by atoms with E-state index in [1.54, 1.807) is 13.4 Å². The molecule has 0 aliphatic heterocycles. The van der Waals surface area contributed by atoms with Gasteiger partial charge in [-0.15, -0.1) is 0 Å². The molecule has 6 heteroatoms. The van der Waals surface area contributed by atoms with Crippen molar-refractivity contribution in [3.8, 4) is 0 Å². The van der Waals surface area contributed by atoms with Gasteiger partial charge >= 0.3 is 0 Å². The Morgan fingerprint density at radius 2 is 2.29 bits per heavy atom. The highest BCUT2D eigenvalue weighted by molar-refractivity contribution is 7.13. The first-order chi connectivity index (χ1) is 8.22. The topological polar surface area (TPSA) is 59.9 Å². The van der Waals surface area contributed by atoms with Crippen molar-refractivity contribution in [2.75, 3.05) is 25.6 Å². The molecule has 2 aromatic heterocycles. The summed E-state index contributed by atoms with van der Waals surface area (Å²) < 4.78 is 9.40. The summed E-state index contributed by atoms with van der Waals surface area (Å²) >= 11 is 1.41. The Morgan fingerprint density at radius 1 is 1.47 bits per heavy atom. The molecule has 2 rings (SSSR count). The molecular weight excluding hydrogens is 236 g/mol. The van der Waals surface area contributed by atoms with E-state index >= 15 is 0 Å². The highest BCUT2D eigenvalue weighted by atomic mass is 32.1. The third-order valence-corrected chi connectivity index (χ3v) is 3.36. The minimum atomic E-state index is 0.442. The van der Waals surface area contributed by atoms with Crippen molar-refractivity contribution in [2.45, 2.75) is 13.8 Å². The molecular formula is C11H16N4OS. The fourth-order valence-electron chi connectivity index (χ4n) is 1.67. The highest BCUT2D eigenvalue weighted by Gasteiger charge is 2.10. The Morgan fingerprint density at radius 3 is 3.06 bits per heavy atom. The third kappa shape index (κ3) is 2.70. The molecule has 5 nitrogen and oxygen atoms in total. The lowest BCUT2D eigenvalue weighted by Crippen LogP contribution is -2.16. The summed E-state index contributed by atoms with van der Waals surface area (Å²) in [6.45, 7) is 5.68. The number of aryl methyl sites for hydroxylation is 1. The third-order valence-electron chi connectivity index (χ3n) is 2.51. The SMILES string of the molecule is COCC(C)CNc1ncnc2snc(C)c12. The van der Waals surface area contributed by atoms with Crippen molar-refractivity contribution >= 4 is 27.6 Å². The smallest absolute Gasteiger partial charge is 0.149 e. The minimum Gasteiger partial charge on any atom is -0.384 e. The molecule has 0 bridgehead atoms. The maximum absolute atomic E-state index is 5.11. The standard InChI is InChI=1S/C11H16N4OS/c1-7(5-16-3)4-12-10-9-8(2)15-17-11(9)14-6-13-10/h6-7H,4-5H2,1-3H3,(H,12,13,14). The van der Waals surface area contributed by atoms with Gasteiger partial charge in [0.25, 0.3) is 0 Å². The Kier molecular flexibility index (Phi) is 3.86. The van der Waals surface area contributed by atoms with Crippen LogP contribution in [0.25, 0.3) is 10.2 Å². The fraction of sp³-hybridized carbons (Fsp3) is 0.545. The van der Waals surface area contributed by atoms with Crippen LogP contribution in [0.2, 0.25) is 0 Å². The van der Waals surface area contributed by atoms with Crippen LogP contribution in [0.15, 0.2) is 6.33 Å². The van der Waals surface area contributed by atoms with Gasteiger partial charge in [0.15, 0.2) is 0 Å². The van der Waals surface area contributed by atoms with E-state index in [1.165, 1.54) is 11.5 Å². The summed E-state index contributed by atoms with van der Waals surface area (Å²) in [6.07, 6.45) is 1.57. The summed E-state index contributed by atoms with van der Waals surface area (Å²) in [5.74, 6) is 1.31. The van der Waals surface area contributed by atoms with Crippen LogP contribution in [0.3, 0.4) is 0 Å². The zero-order valence-electron chi connectivity index (χ0n) is 10.2. The normalized spacial score (nSPS) is 12.9. The number of anilines is 1. The van der Waals surface area contributed by atoms with Crippen molar-refractivity contribution in [3.63, 3.8) is 0 Å². The molecule has 0 aromatic carbocycles. The number of nitrogens with zero attached hydrogens (tertiary/aromatic N) is 3. The average Bonchev–Trinajstić information content (AvgIpc) is 2.70. The van der Waals surface area contributed by atoms with Gasteiger partial charge in [-0.2, -0.15) is 4.37 Å². The van der Waals surface area contributed by atoms with Gasteiger partial charge in [0.05, 0.1) is 17.7 Å². The summed E-state index contributed by atoms with van der Waals surface area (Å²) in [7, 11) is 1.71. The molecule has 2 heterocycles. The van der Waals surface area contributed by atoms with Crippen molar-refractivity contribution in [1.29, 1.82) is 0 Å². The number of methoxy groups -OCH3 is 1. The van der Waals surface area contributed by atoms with Gasteiger partial charge in [0, 0.05) is 13.7 Å². The van der Waals surface area contributed by atoms with Crippen molar-refractivity contribution in [3.05, 3.63) is 12.0 Å². The van der Waals surface area contributed by atoms with Gasteiger partial charge in [-0.05, 0) is 24.4 Å². The molecule has 92 valence electrons. The molecule has 0 amide bonds. The minimum absolute atomic E-state index is 0.442. The van der Waals surface area contributed by atoms with Crippen molar-refractivity contribution in [2.24, 2.45) is 5.92 Å². The molecule has 1 N–H and O–H groups in total. The van der Waals surface area contributed by atoms with E-state index in [4.69, 9.17) is 4.74 Å². The average molecular weight is 252 g/mol. The van der Waals surface area contributed by atoms with Crippen molar-refractivity contribution in [1.82, 2.24) is 14.3 Å².